The molecular weight excluding hydrogens is 250 g/mol. The molecule has 1 amide bonds. The molecule has 1 aliphatic rings. The van der Waals surface area contributed by atoms with Gasteiger partial charge >= 0.3 is 0 Å². The number of aliphatic hydroxyl groups is 1. The first-order valence-corrected chi connectivity index (χ1v) is 7.06. The SMILES string of the molecule is CC(=O)NC1CCCC(O)(C#Cc2cccc(C)c2)C1. The van der Waals surface area contributed by atoms with Crippen LogP contribution in [0, 0.1) is 18.8 Å². The molecule has 2 rings (SSSR count). The summed E-state index contributed by atoms with van der Waals surface area (Å²) in [6, 6.07) is 7.96. The van der Waals surface area contributed by atoms with Crippen LogP contribution in [0.5, 0.6) is 0 Å². The molecule has 1 aromatic carbocycles. The van der Waals surface area contributed by atoms with Crippen LogP contribution in [0.3, 0.4) is 0 Å². The average molecular weight is 271 g/mol. The molecule has 0 radical (unpaired) electrons. The van der Waals surface area contributed by atoms with Crippen molar-refractivity contribution in [3.05, 3.63) is 35.4 Å². The van der Waals surface area contributed by atoms with Crippen LogP contribution in [0.15, 0.2) is 24.3 Å². The smallest absolute Gasteiger partial charge is 0.217 e. The Labute approximate surface area is 120 Å². The molecule has 3 heteroatoms. The van der Waals surface area contributed by atoms with Gasteiger partial charge in [0.1, 0.15) is 5.60 Å². The van der Waals surface area contributed by atoms with Crippen LogP contribution < -0.4 is 5.32 Å². The average Bonchev–Trinajstić information content (AvgIpc) is 2.36. The van der Waals surface area contributed by atoms with E-state index in [1.54, 1.807) is 0 Å². The van der Waals surface area contributed by atoms with Gasteiger partial charge in [-0.2, -0.15) is 0 Å². The highest BCUT2D eigenvalue weighted by Crippen LogP contribution is 2.28. The summed E-state index contributed by atoms with van der Waals surface area (Å²) in [7, 11) is 0. The number of rotatable bonds is 1. The third-order valence-electron chi connectivity index (χ3n) is 3.59. The predicted octanol–water partition coefficient (Wildman–Crippen LogP) is 2.16. The number of hydrogen-bond donors (Lipinski definition) is 2. The van der Waals surface area contributed by atoms with Gasteiger partial charge in [-0.05, 0) is 43.9 Å². The number of hydrogen-bond acceptors (Lipinski definition) is 2. The van der Waals surface area contributed by atoms with E-state index in [9.17, 15) is 9.90 Å². The fraction of sp³-hybridized carbons (Fsp3) is 0.471. The van der Waals surface area contributed by atoms with Crippen LogP contribution in [0.1, 0.15) is 43.7 Å². The molecule has 2 unspecified atom stereocenters. The summed E-state index contributed by atoms with van der Waals surface area (Å²) in [5.74, 6) is 6.01. The van der Waals surface area contributed by atoms with Gasteiger partial charge in [-0.25, -0.2) is 0 Å². The van der Waals surface area contributed by atoms with Crippen molar-refractivity contribution < 1.29 is 9.90 Å². The Hall–Kier alpha value is -1.79. The molecule has 0 aliphatic heterocycles. The maximum absolute atomic E-state index is 11.1. The van der Waals surface area contributed by atoms with Gasteiger partial charge in [0.05, 0.1) is 0 Å². The Morgan fingerprint density at radius 2 is 2.30 bits per heavy atom. The van der Waals surface area contributed by atoms with E-state index >= 15 is 0 Å². The Morgan fingerprint density at radius 3 is 3.00 bits per heavy atom. The normalized spacial score (nSPS) is 25.4. The molecule has 2 N–H and O–H groups in total. The Morgan fingerprint density at radius 1 is 1.50 bits per heavy atom. The van der Waals surface area contributed by atoms with Gasteiger partial charge in [-0.1, -0.05) is 24.0 Å². The number of carbonyl (C=O) groups excluding carboxylic acids is 1. The van der Waals surface area contributed by atoms with E-state index in [2.05, 4.69) is 17.2 Å². The topological polar surface area (TPSA) is 49.3 Å². The largest absolute Gasteiger partial charge is 0.378 e. The van der Waals surface area contributed by atoms with E-state index in [1.807, 2.05) is 31.2 Å². The highest BCUT2D eigenvalue weighted by atomic mass is 16.3. The number of nitrogens with one attached hydrogen (secondary N) is 1. The number of aryl methyl sites for hydroxylation is 1. The molecule has 1 fully saturated rings. The third kappa shape index (κ3) is 4.11. The molecule has 1 aliphatic carbocycles. The predicted molar refractivity (Wildman–Crippen MR) is 79.1 cm³/mol. The number of amides is 1. The molecule has 20 heavy (non-hydrogen) atoms. The molecule has 0 bridgehead atoms. The molecule has 106 valence electrons. The lowest BCUT2D eigenvalue weighted by molar-refractivity contribution is -0.120. The highest BCUT2D eigenvalue weighted by Gasteiger charge is 2.33. The molecule has 0 aromatic heterocycles. The molecule has 0 spiro atoms. The summed E-state index contributed by atoms with van der Waals surface area (Å²) >= 11 is 0. The van der Waals surface area contributed by atoms with Crippen molar-refractivity contribution in [3.8, 4) is 11.8 Å². The molecule has 1 aromatic rings. The number of benzene rings is 1. The minimum Gasteiger partial charge on any atom is -0.378 e. The van der Waals surface area contributed by atoms with Crippen LogP contribution in [0.25, 0.3) is 0 Å². The minimum absolute atomic E-state index is 0.0260. The molecule has 0 heterocycles. The second-order valence-electron chi connectivity index (χ2n) is 5.64. The van der Waals surface area contributed by atoms with Crippen LogP contribution in [0.2, 0.25) is 0 Å². The lowest BCUT2D eigenvalue weighted by Gasteiger charge is -2.33. The zero-order valence-electron chi connectivity index (χ0n) is 12.1. The monoisotopic (exact) mass is 271 g/mol. The first-order valence-electron chi connectivity index (χ1n) is 7.06. The van der Waals surface area contributed by atoms with Crippen LogP contribution in [0.4, 0.5) is 0 Å². The maximum Gasteiger partial charge on any atom is 0.217 e. The van der Waals surface area contributed by atoms with E-state index in [-0.39, 0.29) is 11.9 Å². The van der Waals surface area contributed by atoms with Gasteiger partial charge in [0, 0.05) is 24.9 Å². The zero-order chi connectivity index (χ0) is 14.6. The fourth-order valence-electron chi connectivity index (χ4n) is 2.69. The Balaban J connectivity index is 2.09. The molecular formula is C17H21NO2. The summed E-state index contributed by atoms with van der Waals surface area (Å²) in [6.07, 6.45) is 2.96. The van der Waals surface area contributed by atoms with Crippen molar-refractivity contribution >= 4 is 5.91 Å². The molecule has 3 nitrogen and oxygen atoms in total. The first kappa shape index (κ1) is 14.6. The second-order valence-corrected chi connectivity index (χ2v) is 5.64. The van der Waals surface area contributed by atoms with Gasteiger partial charge < -0.3 is 10.4 Å². The van der Waals surface area contributed by atoms with Crippen molar-refractivity contribution in [2.24, 2.45) is 0 Å². The molecule has 0 saturated heterocycles. The van der Waals surface area contributed by atoms with Gasteiger partial charge in [-0.3, -0.25) is 4.79 Å². The number of carbonyl (C=O) groups is 1. The van der Waals surface area contributed by atoms with Crippen LogP contribution in [-0.4, -0.2) is 22.7 Å². The summed E-state index contributed by atoms with van der Waals surface area (Å²) < 4.78 is 0. The van der Waals surface area contributed by atoms with Gasteiger partial charge in [0.15, 0.2) is 0 Å². The fourth-order valence-corrected chi connectivity index (χ4v) is 2.69. The standard InChI is InChI=1S/C17H21NO2/c1-13-5-3-6-15(11-13)8-10-17(20)9-4-7-16(12-17)18-14(2)19/h3,5-6,11,16,20H,4,7,9,12H2,1-2H3,(H,18,19). The van der Waals surface area contributed by atoms with E-state index in [4.69, 9.17) is 0 Å². The van der Waals surface area contributed by atoms with Crippen molar-refractivity contribution in [2.45, 2.75) is 51.2 Å². The Kier molecular flexibility index (Phi) is 4.46. The van der Waals surface area contributed by atoms with Crippen LogP contribution in [-0.2, 0) is 4.79 Å². The zero-order valence-corrected chi connectivity index (χ0v) is 12.1. The first-order chi connectivity index (χ1) is 9.47. The van der Waals surface area contributed by atoms with E-state index in [0.717, 1.165) is 24.0 Å². The van der Waals surface area contributed by atoms with E-state index in [1.165, 1.54) is 6.92 Å². The van der Waals surface area contributed by atoms with Crippen molar-refractivity contribution in [2.75, 3.05) is 0 Å². The molecule has 1 saturated carbocycles. The van der Waals surface area contributed by atoms with E-state index < -0.39 is 5.60 Å². The van der Waals surface area contributed by atoms with Crippen molar-refractivity contribution in [3.63, 3.8) is 0 Å². The van der Waals surface area contributed by atoms with E-state index in [0.29, 0.717) is 12.8 Å². The molecule has 2 atom stereocenters. The van der Waals surface area contributed by atoms with Crippen molar-refractivity contribution in [1.29, 1.82) is 0 Å². The summed E-state index contributed by atoms with van der Waals surface area (Å²) in [5, 5.41) is 13.4. The summed E-state index contributed by atoms with van der Waals surface area (Å²) in [5.41, 5.74) is 1.08. The minimum atomic E-state index is -0.991. The quantitative estimate of drug-likeness (QED) is 0.769. The lowest BCUT2D eigenvalue weighted by atomic mass is 9.82. The van der Waals surface area contributed by atoms with Crippen molar-refractivity contribution in [1.82, 2.24) is 5.32 Å². The maximum atomic E-state index is 11.1. The lowest BCUT2D eigenvalue weighted by Crippen LogP contribution is -2.44. The second kappa shape index (κ2) is 6.11. The summed E-state index contributed by atoms with van der Waals surface area (Å²) in [4.78, 5) is 11.1. The van der Waals surface area contributed by atoms with Gasteiger partial charge in [0.2, 0.25) is 5.91 Å². The Bertz CT molecular complexity index is 556. The third-order valence-corrected chi connectivity index (χ3v) is 3.59. The van der Waals surface area contributed by atoms with Gasteiger partial charge in [-0.15, -0.1) is 0 Å². The summed E-state index contributed by atoms with van der Waals surface area (Å²) in [6.45, 7) is 3.53. The van der Waals surface area contributed by atoms with Gasteiger partial charge in [0.25, 0.3) is 0 Å². The van der Waals surface area contributed by atoms with Crippen LogP contribution >= 0.6 is 0 Å². The highest BCUT2D eigenvalue weighted by molar-refractivity contribution is 5.73.